The second-order valence-electron chi connectivity index (χ2n) is 10.1. The summed E-state index contributed by atoms with van der Waals surface area (Å²) in [4.78, 5) is 4.93. The predicted molar refractivity (Wildman–Crippen MR) is 125 cm³/mol. The van der Waals surface area contributed by atoms with E-state index in [2.05, 4.69) is 78.9 Å². The molecule has 32 heavy (non-hydrogen) atoms. The molecule has 4 heterocycles. The molecule has 0 radical (unpaired) electrons. The highest BCUT2D eigenvalue weighted by Gasteiger charge is 2.30. The molecule has 0 aliphatic carbocycles. The van der Waals surface area contributed by atoms with Crippen molar-refractivity contribution in [2.75, 3.05) is 26.2 Å². The molecule has 2 aromatic heterocycles. The lowest BCUT2D eigenvalue weighted by Crippen LogP contribution is -2.28. The van der Waals surface area contributed by atoms with Crippen LogP contribution in [0.15, 0.2) is 12.7 Å². The summed E-state index contributed by atoms with van der Waals surface area (Å²) in [7, 11) is 0. The second-order valence-corrected chi connectivity index (χ2v) is 10.1. The first-order valence-corrected chi connectivity index (χ1v) is 12.2. The molecule has 4 rings (SSSR count). The van der Waals surface area contributed by atoms with Gasteiger partial charge in [0.1, 0.15) is 24.3 Å². The Morgan fingerprint density at radius 3 is 1.62 bits per heavy atom. The van der Waals surface area contributed by atoms with Crippen LogP contribution in [-0.4, -0.2) is 65.5 Å². The van der Waals surface area contributed by atoms with Crippen LogP contribution in [0.1, 0.15) is 77.1 Å². The first kappa shape index (κ1) is 22.9. The Morgan fingerprint density at radius 2 is 1.22 bits per heavy atom. The molecule has 0 aromatic carbocycles. The Balaban J connectivity index is 1.35. The lowest BCUT2D eigenvalue weighted by molar-refractivity contribution is 0.266. The fourth-order valence-corrected chi connectivity index (χ4v) is 5.04. The maximum absolute atomic E-state index is 4.46. The van der Waals surface area contributed by atoms with Crippen molar-refractivity contribution in [2.24, 2.45) is 11.8 Å². The van der Waals surface area contributed by atoms with Gasteiger partial charge in [-0.1, -0.05) is 39.5 Å². The average Bonchev–Trinajstić information content (AvgIpc) is 3.51. The molecule has 0 spiro atoms. The third-order valence-corrected chi connectivity index (χ3v) is 6.43. The highest BCUT2D eigenvalue weighted by atomic mass is 15.3. The van der Waals surface area contributed by atoms with Crippen LogP contribution in [0.5, 0.6) is 0 Å². The van der Waals surface area contributed by atoms with Gasteiger partial charge in [0.2, 0.25) is 0 Å². The molecule has 2 aliphatic rings. The minimum atomic E-state index is 0.333. The summed E-state index contributed by atoms with van der Waals surface area (Å²) >= 11 is 0. The van der Waals surface area contributed by atoms with E-state index in [1.165, 1.54) is 12.8 Å². The van der Waals surface area contributed by atoms with Crippen LogP contribution in [0.2, 0.25) is 0 Å². The van der Waals surface area contributed by atoms with Gasteiger partial charge in [-0.25, -0.2) is 0 Å². The van der Waals surface area contributed by atoms with Gasteiger partial charge in [0.25, 0.3) is 0 Å². The summed E-state index contributed by atoms with van der Waals surface area (Å²) in [6.07, 6.45) is 8.42. The Kier molecular flexibility index (Phi) is 7.59. The van der Waals surface area contributed by atoms with Crippen molar-refractivity contribution in [2.45, 2.75) is 78.6 Å². The number of hydrogen-bond acceptors (Lipinski definition) is 6. The van der Waals surface area contributed by atoms with E-state index < -0.39 is 0 Å². The van der Waals surface area contributed by atoms with Crippen LogP contribution in [0, 0.1) is 23.7 Å². The van der Waals surface area contributed by atoms with Crippen molar-refractivity contribution in [1.82, 2.24) is 39.3 Å². The van der Waals surface area contributed by atoms with Crippen LogP contribution >= 0.6 is 0 Å². The van der Waals surface area contributed by atoms with Crippen LogP contribution in [0.3, 0.4) is 0 Å². The molecule has 0 bridgehead atoms. The topological polar surface area (TPSA) is 67.9 Å². The van der Waals surface area contributed by atoms with Crippen molar-refractivity contribution < 1.29 is 0 Å². The highest BCUT2D eigenvalue weighted by molar-refractivity contribution is 5.09. The largest absolute Gasteiger partial charge is 0.316 e. The molecule has 0 saturated carbocycles. The average molecular weight is 439 g/mol. The van der Waals surface area contributed by atoms with E-state index in [-0.39, 0.29) is 0 Å². The standard InChI is InChI=1S/C24H38N8/c1-19(2)15-31-17-25-27-23(31)21-9-7-13-29(21)11-5-6-12-30-14-8-10-22(30)24-28-26-18-32(24)16-20(3)4/h17-22H,7-16H2,1-4H3. The first-order chi connectivity index (χ1) is 15.5. The Bertz CT molecular complexity index is 846. The van der Waals surface area contributed by atoms with Crippen LogP contribution in [-0.2, 0) is 13.1 Å². The van der Waals surface area contributed by atoms with E-state index in [4.69, 9.17) is 0 Å². The van der Waals surface area contributed by atoms with Crippen molar-refractivity contribution in [3.8, 4) is 11.8 Å². The van der Waals surface area contributed by atoms with Gasteiger partial charge in [-0.15, -0.1) is 20.4 Å². The summed E-state index contributed by atoms with van der Waals surface area (Å²) < 4.78 is 4.45. The van der Waals surface area contributed by atoms with E-state index in [1.807, 2.05) is 12.7 Å². The van der Waals surface area contributed by atoms with E-state index in [0.717, 1.165) is 63.8 Å². The Hall–Kier alpha value is -2.24. The number of aromatic nitrogens is 6. The van der Waals surface area contributed by atoms with Gasteiger partial charge in [-0.2, -0.15) is 0 Å². The van der Waals surface area contributed by atoms with E-state index in [9.17, 15) is 0 Å². The van der Waals surface area contributed by atoms with Crippen molar-refractivity contribution in [3.63, 3.8) is 0 Å². The zero-order chi connectivity index (χ0) is 22.5. The van der Waals surface area contributed by atoms with E-state index in [1.54, 1.807) is 0 Å². The molecular formula is C24H38N8. The molecule has 2 fully saturated rings. The third-order valence-electron chi connectivity index (χ3n) is 6.43. The SMILES string of the molecule is CC(C)Cn1cnnc1C1CCCN1CC#CCN1CCCC1c1nncn1CC(C)C. The van der Waals surface area contributed by atoms with Gasteiger partial charge in [0.15, 0.2) is 0 Å². The van der Waals surface area contributed by atoms with E-state index >= 15 is 0 Å². The number of rotatable bonds is 8. The minimum absolute atomic E-state index is 0.333. The summed E-state index contributed by atoms with van der Waals surface area (Å²) in [6.45, 7) is 14.6. The molecule has 8 heteroatoms. The van der Waals surface area contributed by atoms with Crippen LogP contribution in [0.25, 0.3) is 0 Å². The summed E-state index contributed by atoms with van der Waals surface area (Å²) in [5.74, 6) is 10.3. The highest BCUT2D eigenvalue weighted by Crippen LogP contribution is 2.31. The Labute approximate surface area is 192 Å². The lowest BCUT2D eigenvalue weighted by atomic mass is 10.2. The maximum Gasteiger partial charge on any atom is 0.150 e. The van der Waals surface area contributed by atoms with Gasteiger partial charge in [-0.3, -0.25) is 9.80 Å². The zero-order valence-electron chi connectivity index (χ0n) is 20.1. The quantitative estimate of drug-likeness (QED) is 0.590. The molecule has 174 valence electrons. The predicted octanol–water partition coefficient (Wildman–Crippen LogP) is 3.16. The zero-order valence-corrected chi connectivity index (χ0v) is 20.1. The van der Waals surface area contributed by atoms with Crippen molar-refractivity contribution in [3.05, 3.63) is 24.3 Å². The Morgan fingerprint density at radius 1 is 0.781 bits per heavy atom. The monoisotopic (exact) mass is 438 g/mol. The van der Waals surface area contributed by atoms with E-state index in [0.29, 0.717) is 23.9 Å². The van der Waals surface area contributed by atoms with Gasteiger partial charge in [0.05, 0.1) is 25.2 Å². The van der Waals surface area contributed by atoms with Crippen molar-refractivity contribution >= 4 is 0 Å². The molecule has 2 saturated heterocycles. The smallest absolute Gasteiger partial charge is 0.150 e. The molecule has 2 atom stereocenters. The van der Waals surface area contributed by atoms with Gasteiger partial charge >= 0.3 is 0 Å². The first-order valence-electron chi connectivity index (χ1n) is 12.2. The number of hydrogen-bond donors (Lipinski definition) is 0. The molecule has 2 unspecified atom stereocenters. The summed E-state index contributed by atoms with van der Waals surface area (Å²) in [5.41, 5.74) is 0. The molecule has 2 aromatic rings. The summed E-state index contributed by atoms with van der Waals surface area (Å²) in [5, 5.41) is 17.3. The maximum atomic E-state index is 4.46. The van der Waals surface area contributed by atoms with Crippen molar-refractivity contribution in [1.29, 1.82) is 0 Å². The van der Waals surface area contributed by atoms with Crippen LogP contribution < -0.4 is 0 Å². The third kappa shape index (κ3) is 5.38. The number of nitrogens with zero attached hydrogens (tertiary/aromatic N) is 8. The van der Waals surface area contributed by atoms with Gasteiger partial charge in [-0.05, 0) is 50.6 Å². The number of likely N-dealkylation sites (tertiary alicyclic amines) is 2. The van der Waals surface area contributed by atoms with Gasteiger partial charge < -0.3 is 9.13 Å². The summed E-state index contributed by atoms with van der Waals surface area (Å²) in [6, 6.07) is 0.666. The molecule has 8 nitrogen and oxygen atoms in total. The molecular weight excluding hydrogens is 400 g/mol. The molecule has 0 N–H and O–H groups in total. The van der Waals surface area contributed by atoms with Crippen LogP contribution in [0.4, 0.5) is 0 Å². The minimum Gasteiger partial charge on any atom is -0.316 e. The molecule has 0 amide bonds. The fourth-order valence-electron chi connectivity index (χ4n) is 5.04. The fraction of sp³-hybridized carbons (Fsp3) is 0.750. The molecule has 2 aliphatic heterocycles. The normalized spacial score (nSPS) is 22.2. The second kappa shape index (κ2) is 10.6. The van der Waals surface area contributed by atoms with Gasteiger partial charge in [0, 0.05) is 13.1 Å². The lowest BCUT2D eigenvalue weighted by Gasteiger charge is -2.23.